The fourth-order valence-electron chi connectivity index (χ4n) is 1.49. The van der Waals surface area contributed by atoms with Crippen molar-refractivity contribution in [3.63, 3.8) is 0 Å². The first-order chi connectivity index (χ1) is 8.71. The molecule has 0 radical (unpaired) electrons. The SMILES string of the molecule is C=C(CC)COc1ccc(CNCC)cc1OC. The van der Waals surface area contributed by atoms with Gasteiger partial charge < -0.3 is 14.8 Å². The smallest absolute Gasteiger partial charge is 0.161 e. The van der Waals surface area contributed by atoms with Gasteiger partial charge in [0.25, 0.3) is 0 Å². The number of hydrogen-bond acceptors (Lipinski definition) is 3. The van der Waals surface area contributed by atoms with E-state index in [9.17, 15) is 0 Å². The normalized spacial score (nSPS) is 10.2. The standard InChI is InChI=1S/C15H23NO2/c1-5-12(3)11-18-14-8-7-13(10-16-6-2)9-15(14)17-4/h7-9,16H,3,5-6,10-11H2,1-2,4H3. The van der Waals surface area contributed by atoms with Crippen molar-refractivity contribution in [3.05, 3.63) is 35.9 Å². The molecule has 1 rings (SSSR count). The summed E-state index contributed by atoms with van der Waals surface area (Å²) in [6.07, 6.45) is 0.931. The number of methoxy groups -OCH3 is 1. The Balaban J connectivity index is 2.70. The molecule has 3 heteroatoms. The number of ether oxygens (including phenoxy) is 2. The van der Waals surface area contributed by atoms with Crippen molar-refractivity contribution in [3.8, 4) is 11.5 Å². The van der Waals surface area contributed by atoms with Crippen molar-refractivity contribution in [1.82, 2.24) is 5.32 Å². The van der Waals surface area contributed by atoms with Gasteiger partial charge in [-0.2, -0.15) is 0 Å². The van der Waals surface area contributed by atoms with Crippen molar-refractivity contribution < 1.29 is 9.47 Å². The Morgan fingerprint density at radius 2 is 2.06 bits per heavy atom. The minimum Gasteiger partial charge on any atom is -0.493 e. The highest BCUT2D eigenvalue weighted by molar-refractivity contribution is 5.43. The van der Waals surface area contributed by atoms with E-state index in [0.717, 1.165) is 36.6 Å². The Labute approximate surface area is 110 Å². The third-order valence-corrected chi connectivity index (χ3v) is 2.74. The van der Waals surface area contributed by atoms with Crippen LogP contribution in [0.4, 0.5) is 0 Å². The van der Waals surface area contributed by atoms with Crippen LogP contribution < -0.4 is 14.8 Å². The summed E-state index contributed by atoms with van der Waals surface area (Å²) in [6, 6.07) is 6.01. The van der Waals surface area contributed by atoms with E-state index in [1.807, 2.05) is 12.1 Å². The predicted octanol–water partition coefficient (Wildman–Crippen LogP) is 3.15. The van der Waals surface area contributed by atoms with Gasteiger partial charge >= 0.3 is 0 Å². The highest BCUT2D eigenvalue weighted by Gasteiger charge is 2.06. The zero-order valence-corrected chi connectivity index (χ0v) is 11.6. The summed E-state index contributed by atoms with van der Waals surface area (Å²) in [6.45, 7) is 10.4. The highest BCUT2D eigenvalue weighted by atomic mass is 16.5. The minimum atomic E-state index is 0.541. The molecule has 0 saturated heterocycles. The van der Waals surface area contributed by atoms with Crippen LogP contribution in [0.25, 0.3) is 0 Å². The Kier molecular flexibility index (Phi) is 6.29. The van der Waals surface area contributed by atoms with Gasteiger partial charge in [0.1, 0.15) is 6.61 Å². The van der Waals surface area contributed by atoms with Crippen molar-refractivity contribution in [2.24, 2.45) is 0 Å². The van der Waals surface area contributed by atoms with Gasteiger partial charge in [0.15, 0.2) is 11.5 Å². The van der Waals surface area contributed by atoms with E-state index in [1.54, 1.807) is 7.11 Å². The molecule has 0 bridgehead atoms. The molecule has 100 valence electrons. The Bertz CT molecular complexity index is 388. The number of benzene rings is 1. The fraction of sp³-hybridized carbons (Fsp3) is 0.467. The average Bonchev–Trinajstić information content (AvgIpc) is 2.42. The van der Waals surface area contributed by atoms with Gasteiger partial charge in [0.2, 0.25) is 0 Å². The van der Waals surface area contributed by atoms with Crippen molar-refractivity contribution in [1.29, 1.82) is 0 Å². The summed E-state index contributed by atoms with van der Waals surface area (Å²) in [4.78, 5) is 0. The molecular weight excluding hydrogens is 226 g/mol. The second-order valence-electron chi connectivity index (χ2n) is 4.16. The molecule has 0 fully saturated rings. The van der Waals surface area contributed by atoms with Crippen LogP contribution in [0.1, 0.15) is 25.8 Å². The molecule has 3 nitrogen and oxygen atoms in total. The quantitative estimate of drug-likeness (QED) is 0.718. The molecule has 1 N–H and O–H groups in total. The van der Waals surface area contributed by atoms with Gasteiger partial charge in [0, 0.05) is 6.54 Å². The molecule has 0 heterocycles. The van der Waals surface area contributed by atoms with Crippen LogP contribution in [-0.4, -0.2) is 20.3 Å². The Hall–Kier alpha value is -1.48. The molecule has 0 aliphatic heterocycles. The maximum Gasteiger partial charge on any atom is 0.161 e. The van der Waals surface area contributed by atoms with Crippen LogP contribution in [0.3, 0.4) is 0 Å². The molecule has 0 aliphatic carbocycles. The maximum absolute atomic E-state index is 5.70. The zero-order chi connectivity index (χ0) is 13.4. The Morgan fingerprint density at radius 3 is 2.67 bits per heavy atom. The van der Waals surface area contributed by atoms with Crippen molar-refractivity contribution in [2.45, 2.75) is 26.8 Å². The lowest BCUT2D eigenvalue weighted by Gasteiger charge is -2.13. The van der Waals surface area contributed by atoms with Crippen LogP contribution in [0, 0.1) is 0 Å². The zero-order valence-electron chi connectivity index (χ0n) is 11.6. The van der Waals surface area contributed by atoms with Crippen molar-refractivity contribution in [2.75, 3.05) is 20.3 Å². The average molecular weight is 249 g/mol. The van der Waals surface area contributed by atoms with Gasteiger partial charge in [0.05, 0.1) is 7.11 Å². The maximum atomic E-state index is 5.70. The van der Waals surface area contributed by atoms with Crippen LogP contribution in [0.15, 0.2) is 30.4 Å². The van der Waals surface area contributed by atoms with E-state index in [2.05, 4.69) is 31.8 Å². The molecule has 0 amide bonds. The molecule has 0 aromatic heterocycles. The summed E-state index contributed by atoms with van der Waals surface area (Å²) in [5, 5.41) is 3.28. The number of nitrogens with one attached hydrogen (secondary N) is 1. The lowest BCUT2D eigenvalue weighted by molar-refractivity contribution is 0.317. The molecule has 0 spiro atoms. The first-order valence-electron chi connectivity index (χ1n) is 6.38. The van der Waals surface area contributed by atoms with Gasteiger partial charge in [-0.25, -0.2) is 0 Å². The van der Waals surface area contributed by atoms with Gasteiger partial charge in [-0.05, 0) is 36.2 Å². The van der Waals surface area contributed by atoms with E-state index >= 15 is 0 Å². The van der Waals surface area contributed by atoms with Gasteiger partial charge in [-0.15, -0.1) is 0 Å². The molecular formula is C15H23NO2. The molecule has 1 aromatic carbocycles. The summed E-state index contributed by atoms with van der Waals surface area (Å²) < 4.78 is 11.0. The van der Waals surface area contributed by atoms with Crippen LogP contribution in [0.5, 0.6) is 11.5 Å². The van der Waals surface area contributed by atoms with E-state index in [4.69, 9.17) is 9.47 Å². The third-order valence-electron chi connectivity index (χ3n) is 2.74. The summed E-state index contributed by atoms with van der Waals surface area (Å²) >= 11 is 0. The molecule has 0 aliphatic rings. The molecule has 1 aromatic rings. The van der Waals surface area contributed by atoms with Crippen LogP contribution in [0.2, 0.25) is 0 Å². The van der Waals surface area contributed by atoms with E-state index in [1.165, 1.54) is 5.56 Å². The molecule has 0 saturated carbocycles. The van der Waals surface area contributed by atoms with E-state index < -0.39 is 0 Å². The second kappa shape index (κ2) is 7.77. The van der Waals surface area contributed by atoms with Crippen LogP contribution in [-0.2, 0) is 6.54 Å². The fourth-order valence-corrected chi connectivity index (χ4v) is 1.49. The summed E-state index contributed by atoms with van der Waals surface area (Å²) in [7, 11) is 1.66. The first kappa shape index (κ1) is 14.6. The molecule has 18 heavy (non-hydrogen) atoms. The number of hydrogen-bond donors (Lipinski definition) is 1. The topological polar surface area (TPSA) is 30.5 Å². The molecule has 0 unspecified atom stereocenters. The largest absolute Gasteiger partial charge is 0.493 e. The highest BCUT2D eigenvalue weighted by Crippen LogP contribution is 2.28. The second-order valence-corrected chi connectivity index (χ2v) is 4.16. The minimum absolute atomic E-state index is 0.541. The molecule has 0 atom stereocenters. The third kappa shape index (κ3) is 4.41. The van der Waals surface area contributed by atoms with Crippen LogP contribution >= 0.6 is 0 Å². The monoisotopic (exact) mass is 249 g/mol. The van der Waals surface area contributed by atoms with E-state index in [0.29, 0.717) is 6.61 Å². The van der Waals surface area contributed by atoms with Gasteiger partial charge in [-0.1, -0.05) is 26.5 Å². The van der Waals surface area contributed by atoms with E-state index in [-0.39, 0.29) is 0 Å². The lowest BCUT2D eigenvalue weighted by Crippen LogP contribution is -2.11. The Morgan fingerprint density at radius 1 is 1.28 bits per heavy atom. The lowest BCUT2D eigenvalue weighted by atomic mass is 10.2. The summed E-state index contributed by atoms with van der Waals surface area (Å²) in [5.74, 6) is 1.54. The number of rotatable bonds is 8. The first-order valence-corrected chi connectivity index (χ1v) is 6.38. The predicted molar refractivity (Wildman–Crippen MR) is 75.3 cm³/mol. The van der Waals surface area contributed by atoms with Gasteiger partial charge in [-0.3, -0.25) is 0 Å². The summed E-state index contributed by atoms with van der Waals surface area (Å²) in [5.41, 5.74) is 2.27. The van der Waals surface area contributed by atoms with Crippen molar-refractivity contribution >= 4 is 0 Å².